The number of benzene rings is 2. The van der Waals surface area contributed by atoms with E-state index >= 15 is 0 Å². The molecule has 2 heterocycles. The summed E-state index contributed by atoms with van der Waals surface area (Å²) in [5.74, 6) is -0.265. The molecule has 4 rings (SSSR count). The quantitative estimate of drug-likeness (QED) is 0.559. The smallest absolute Gasteiger partial charge is 0.269 e. The number of hydrogen-bond donors (Lipinski definition) is 0. The van der Waals surface area contributed by atoms with Gasteiger partial charge < -0.3 is 0 Å². The molecular weight excluding hydrogens is 382 g/mol. The molecule has 0 radical (unpaired) electrons. The number of aromatic nitrogens is 1. The van der Waals surface area contributed by atoms with E-state index in [9.17, 15) is 4.79 Å². The minimum Gasteiger partial charge on any atom is -0.269 e. The number of thiazole rings is 1. The van der Waals surface area contributed by atoms with Crippen LogP contribution >= 0.6 is 22.9 Å². The molecule has 0 spiro atoms. The van der Waals surface area contributed by atoms with Crippen molar-refractivity contribution in [3.05, 3.63) is 65.0 Å². The van der Waals surface area contributed by atoms with Crippen LogP contribution in [0.3, 0.4) is 0 Å². The Morgan fingerprint density at radius 2 is 1.85 bits per heavy atom. The van der Waals surface area contributed by atoms with Gasteiger partial charge in [-0.2, -0.15) is 20.3 Å². The van der Waals surface area contributed by atoms with Crippen molar-refractivity contribution < 1.29 is 4.79 Å². The van der Waals surface area contributed by atoms with Gasteiger partial charge in [0, 0.05) is 16.0 Å². The van der Waals surface area contributed by atoms with Crippen molar-refractivity contribution >= 4 is 45.4 Å². The maximum atomic E-state index is 12.7. The van der Waals surface area contributed by atoms with Gasteiger partial charge in [-0.3, -0.25) is 4.79 Å². The first-order valence-corrected chi connectivity index (χ1v) is 9.44. The zero-order valence-corrected chi connectivity index (χ0v) is 15.9. The Hall–Kier alpha value is -2.90. The Balaban J connectivity index is 1.54. The lowest BCUT2D eigenvalue weighted by Crippen LogP contribution is -2.29. The van der Waals surface area contributed by atoms with Crippen molar-refractivity contribution in [1.82, 2.24) is 4.98 Å². The fourth-order valence-electron chi connectivity index (χ4n) is 2.56. The highest BCUT2D eigenvalue weighted by atomic mass is 35.5. The van der Waals surface area contributed by atoms with Crippen molar-refractivity contribution in [2.24, 2.45) is 15.3 Å². The lowest BCUT2D eigenvalue weighted by atomic mass is 10.2. The number of nitrogens with zero attached hydrogens (tertiary/aromatic N) is 5. The molecule has 1 aliphatic heterocycles. The Morgan fingerprint density at radius 1 is 1.11 bits per heavy atom. The first-order valence-electron chi connectivity index (χ1n) is 8.18. The molecule has 1 aliphatic rings. The average Bonchev–Trinajstić information content (AvgIpc) is 3.27. The number of hydrogen-bond acceptors (Lipinski definition) is 6. The topological polar surface area (TPSA) is 70.3 Å². The van der Waals surface area contributed by atoms with E-state index < -0.39 is 6.04 Å². The maximum Gasteiger partial charge on any atom is 0.282 e. The molecule has 0 saturated heterocycles. The van der Waals surface area contributed by atoms with Crippen molar-refractivity contribution in [2.75, 3.05) is 5.01 Å². The Morgan fingerprint density at radius 3 is 2.59 bits per heavy atom. The fourth-order valence-corrected chi connectivity index (χ4v) is 3.47. The van der Waals surface area contributed by atoms with E-state index in [2.05, 4.69) is 20.3 Å². The Kier molecular flexibility index (Phi) is 4.79. The van der Waals surface area contributed by atoms with E-state index in [0.717, 1.165) is 11.3 Å². The van der Waals surface area contributed by atoms with Crippen LogP contribution in [0.1, 0.15) is 6.92 Å². The van der Waals surface area contributed by atoms with Gasteiger partial charge in [-0.05, 0) is 31.2 Å². The summed E-state index contributed by atoms with van der Waals surface area (Å²) < 4.78 is 0. The molecule has 6 nitrogen and oxygen atoms in total. The summed E-state index contributed by atoms with van der Waals surface area (Å²) in [4.78, 5) is 17.3. The number of carbonyl (C=O) groups is 1. The maximum absolute atomic E-state index is 12.7. The van der Waals surface area contributed by atoms with Crippen LogP contribution in [0.2, 0.25) is 5.02 Å². The molecule has 1 amide bonds. The van der Waals surface area contributed by atoms with Crippen molar-refractivity contribution in [1.29, 1.82) is 0 Å². The third kappa shape index (κ3) is 3.65. The number of amides is 1. The first-order chi connectivity index (χ1) is 13.1. The largest absolute Gasteiger partial charge is 0.282 e. The van der Waals surface area contributed by atoms with Gasteiger partial charge in [0.15, 0.2) is 6.04 Å². The van der Waals surface area contributed by atoms with Crippen LogP contribution in [0.4, 0.5) is 10.8 Å². The molecule has 0 N–H and O–H groups in total. The predicted octanol–water partition coefficient (Wildman–Crippen LogP) is 5.34. The molecule has 2 aromatic carbocycles. The highest BCUT2D eigenvalue weighted by molar-refractivity contribution is 7.14. The summed E-state index contributed by atoms with van der Waals surface area (Å²) in [7, 11) is 0. The molecule has 27 heavy (non-hydrogen) atoms. The summed E-state index contributed by atoms with van der Waals surface area (Å²) in [6.07, 6.45) is 0. The average molecular weight is 396 g/mol. The van der Waals surface area contributed by atoms with Crippen LogP contribution in [-0.4, -0.2) is 22.6 Å². The van der Waals surface area contributed by atoms with Gasteiger partial charge in [-0.25, -0.2) is 4.98 Å². The van der Waals surface area contributed by atoms with Crippen LogP contribution in [0, 0.1) is 0 Å². The molecule has 0 fully saturated rings. The summed E-state index contributed by atoms with van der Waals surface area (Å²) in [5, 5.41) is 17.0. The van der Waals surface area contributed by atoms with E-state index in [0.29, 0.717) is 21.6 Å². The zero-order chi connectivity index (χ0) is 18.8. The van der Waals surface area contributed by atoms with Crippen molar-refractivity contribution in [2.45, 2.75) is 13.0 Å². The Bertz CT molecular complexity index is 1030. The van der Waals surface area contributed by atoms with Crippen LogP contribution < -0.4 is 5.01 Å². The number of rotatable bonds is 4. The second-order valence-electron chi connectivity index (χ2n) is 5.87. The number of halogens is 1. The van der Waals surface area contributed by atoms with E-state index in [1.165, 1.54) is 16.3 Å². The number of azo groups is 1. The molecule has 0 bridgehead atoms. The van der Waals surface area contributed by atoms with Gasteiger partial charge >= 0.3 is 0 Å². The predicted molar refractivity (Wildman–Crippen MR) is 108 cm³/mol. The second kappa shape index (κ2) is 7.38. The fraction of sp³-hybridized carbons (Fsp3) is 0.105. The van der Waals surface area contributed by atoms with Gasteiger partial charge in [0.2, 0.25) is 5.13 Å². The monoisotopic (exact) mass is 395 g/mol. The highest BCUT2D eigenvalue weighted by Gasteiger charge is 2.36. The molecule has 0 unspecified atom stereocenters. The number of hydrazone groups is 1. The summed E-state index contributed by atoms with van der Waals surface area (Å²) in [6.45, 7) is 1.76. The molecule has 0 saturated carbocycles. The summed E-state index contributed by atoms with van der Waals surface area (Å²) in [5.41, 5.74) is 3.00. The highest BCUT2D eigenvalue weighted by Crippen LogP contribution is 2.30. The minimum atomic E-state index is -0.746. The molecule has 8 heteroatoms. The second-order valence-corrected chi connectivity index (χ2v) is 7.14. The van der Waals surface area contributed by atoms with Crippen LogP contribution in [0.5, 0.6) is 0 Å². The minimum absolute atomic E-state index is 0.265. The van der Waals surface area contributed by atoms with Gasteiger partial charge in [0.1, 0.15) is 0 Å². The summed E-state index contributed by atoms with van der Waals surface area (Å²) >= 11 is 7.23. The van der Waals surface area contributed by atoms with Crippen LogP contribution in [0.25, 0.3) is 11.3 Å². The van der Waals surface area contributed by atoms with Gasteiger partial charge in [-0.1, -0.05) is 41.9 Å². The molecule has 3 aromatic rings. The van der Waals surface area contributed by atoms with E-state index in [-0.39, 0.29) is 5.91 Å². The lowest BCUT2D eigenvalue weighted by molar-refractivity contribution is -0.117. The van der Waals surface area contributed by atoms with Crippen LogP contribution in [0.15, 0.2) is 75.3 Å². The van der Waals surface area contributed by atoms with E-state index in [4.69, 9.17) is 11.6 Å². The van der Waals surface area contributed by atoms with Crippen molar-refractivity contribution in [3.63, 3.8) is 0 Å². The lowest BCUT2D eigenvalue weighted by Gasteiger charge is -2.08. The SMILES string of the molecule is CC1=NN(c2nc(-c3ccccc3)cs2)C(=O)[C@@H]1N=Nc1ccc(Cl)cc1. The normalized spacial score (nSPS) is 17.0. The number of carbonyl (C=O) groups excluding carboxylic acids is 1. The molecule has 0 aliphatic carbocycles. The van der Waals surface area contributed by atoms with Crippen molar-refractivity contribution in [3.8, 4) is 11.3 Å². The molecule has 134 valence electrons. The van der Waals surface area contributed by atoms with Crippen LogP contribution in [-0.2, 0) is 4.79 Å². The third-order valence-corrected chi connectivity index (χ3v) is 5.02. The van der Waals surface area contributed by atoms with Gasteiger partial charge in [-0.15, -0.1) is 11.3 Å². The number of anilines is 1. The third-order valence-electron chi connectivity index (χ3n) is 3.95. The summed E-state index contributed by atoms with van der Waals surface area (Å²) in [6, 6.07) is 16.0. The zero-order valence-electron chi connectivity index (χ0n) is 14.3. The molecule has 1 atom stereocenters. The van der Waals surface area contributed by atoms with E-state index in [1.807, 2.05) is 35.7 Å². The molecular formula is C19H14ClN5OS. The molecule has 1 aromatic heterocycles. The first kappa shape index (κ1) is 17.5. The van der Waals surface area contributed by atoms with Gasteiger partial charge in [0.05, 0.1) is 17.1 Å². The van der Waals surface area contributed by atoms with Gasteiger partial charge in [0.25, 0.3) is 5.91 Å². The van der Waals surface area contributed by atoms with E-state index in [1.54, 1.807) is 31.2 Å². The Labute approximate surface area is 164 Å². The standard InChI is InChI=1S/C19H14ClN5OS/c1-12-17(23-22-15-9-7-14(20)8-10-15)18(26)25(24-12)19-21-16(11-27-19)13-5-3-2-4-6-13/h2-11,17H,1H3/t17-/m1/s1.